The quantitative estimate of drug-likeness (QED) is 0.588. The summed E-state index contributed by atoms with van der Waals surface area (Å²) in [6.07, 6.45) is 3.95. The third kappa shape index (κ3) is 3.27. The minimum atomic E-state index is -0.00981. The van der Waals surface area contributed by atoms with Crippen LogP contribution in [0.1, 0.15) is 32.1 Å². The molecule has 4 heteroatoms. The molecule has 0 spiro atoms. The van der Waals surface area contributed by atoms with Gasteiger partial charge in [-0.25, -0.2) is 0 Å². The van der Waals surface area contributed by atoms with Crippen LogP contribution >= 0.6 is 0 Å². The summed E-state index contributed by atoms with van der Waals surface area (Å²) in [5.41, 5.74) is 0. The van der Waals surface area contributed by atoms with Crippen molar-refractivity contribution in [1.29, 1.82) is 0 Å². The molecule has 1 amide bonds. The smallest absolute Gasteiger partial charge is 0.220 e. The molecule has 0 heterocycles. The van der Waals surface area contributed by atoms with Gasteiger partial charge in [0.25, 0.3) is 0 Å². The van der Waals surface area contributed by atoms with Gasteiger partial charge in [0.15, 0.2) is 0 Å². The number of aliphatic hydroxyl groups is 2. The fourth-order valence-electron chi connectivity index (χ4n) is 1.96. The largest absolute Gasteiger partial charge is 0.396 e. The van der Waals surface area contributed by atoms with E-state index in [2.05, 4.69) is 5.32 Å². The molecule has 0 aromatic rings. The highest BCUT2D eigenvalue weighted by molar-refractivity contribution is 5.76. The van der Waals surface area contributed by atoms with Crippen LogP contribution in [0.5, 0.6) is 0 Å². The lowest BCUT2D eigenvalue weighted by atomic mass is 10.0. The van der Waals surface area contributed by atoms with Crippen molar-refractivity contribution < 1.29 is 15.0 Å². The van der Waals surface area contributed by atoms with E-state index in [-0.39, 0.29) is 31.1 Å². The molecule has 1 fully saturated rings. The maximum atomic E-state index is 11.3. The molecule has 0 radical (unpaired) electrons. The van der Waals surface area contributed by atoms with Crippen LogP contribution in [-0.2, 0) is 4.79 Å². The summed E-state index contributed by atoms with van der Waals surface area (Å²) in [6, 6.07) is 0.145. The summed E-state index contributed by atoms with van der Waals surface area (Å²) in [6.45, 7) is 0.215. The second kappa shape index (κ2) is 5.98. The lowest BCUT2D eigenvalue weighted by Crippen LogP contribution is -2.38. The number of amides is 1. The summed E-state index contributed by atoms with van der Waals surface area (Å²) in [5.74, 6) is 0.220. The predicted molar refractivity (Wildman–Crippen MR) is 52.7 cm³/mol. The van der Waals surface area contributed by atoms with Gasteiger partial charge < -0.3 is 15.5 Å². The minimum Gasteiger partial charge on any atom is -0.396 e. The first-order valence-electron chi connectivity index (χ1n) is 5.29. The van der Waals surface area contributed by atoms with E-state index in [1.807, 2.05) is 0 Å². The van der Waals surface area contributed by atoms with Crippen molar-refractivity contribution in [2.45, 2.75) is 38.1 Å². The Labute approximate surface area is 84.3 Å². The third-order valence-corrected chi connectivity index (χ3v) is 2.80. The van der Waals surface area contributed by atoms with E-state index in [1.54, 1.807) is 0 Å². The van der Waals surface area contributed by atoms with E-state index < -0.39 is 0 Å². The van der Waals surface area contributed by atoms with Crippen molar-refractivity contribution in [1.82, 2.24) is 5.32 Å². The van der Waals surface area contributed by atoms with Crippen molar-refractivity contribution in [2.75, 3.05) is 13.2 Å². The fraction of sp³-hybridized carbons (Fsp3) is 0.900. The second-order valence-corrected chi connectivity index (χ2v) is 3.87. The number of hydrogen-bond donors (Lipinski definition) is 3. The molecular weight excluding hydrogens is 182 g/mol. The molecule has 0 aromatic heterocycles. The summed E-state index contributed by atoms with van der Waals surface area (Å²) >= 11 is 0. The predicted octanol–water partition coefficient (Wildman–Crippen LogP) is 0.0361. The highest BCUT2D eigenvalue weighted by atomic mass is 16.3. The van der Waals surface area contributed by atoms with E-state index in [0.29, 0.717) is 12.8 Å². The molecule has 1 aliphatic carbocycles. The molecule has 3 N–H and O–H groups in total. The fourth-order valence-corrected chi connectivity index (χ4v) is 1.96. The number of hydrogen-bond acceptors (Lipinski definition) is 3. The molecule has 1 saturated carbocycles. The number of nitrogens with one attached hydrogen (secondary N) is 1. The molecule has 0 aliphatic heterocycles. The average molecular weight is 201 g/mol. The molecule has 4 nitrogen and oxygen atoms in total. The summed E-state index contributed by atoms with van der Waals surface area (Å²) in [7, 11) is 0. The van der Waals surface area contributed by atoms with E-state index in [4.69, 9.17) is 10.2 Å². The van der Waals surface area contributed by atoms with Crippen LogP contribution in [0.4, 0.5) is 0 Å². The third-order valence-electron chi connectivity index (χ3n) is 2.80. The van der Waals surface area contributed by atoms with Crippen LogP contribution in [-0.4, -0.2) is 35.4 Å². The van der Waals surface area contributed by atoms with Crippen molar-refractivity contribution >= 4 is 5.91 Å². The van der Waals surface area contributed by atoms with E-state index >= 15 is 0 Å². The zero-order valence-corrected chi connectivity index (χ0v) is 8.41. The van der Waals surface area contributed by atoms with E-state index in [1.165, 1.54) is 0 Å². The standard InChI is InChI=1S/C10H19NO3/c12-6-2-5-10(14)11-9-4-1-3-8(9)7-13/h8-9,12-13H,1-7H2,(H,11,14). The first-order chi connectivity index (χ1) is 6.77. The Kier molecular flexibility index (Phi) is 4.90. The van der Waals surface area contributed by atoms with Gasteiger partial charge in [-0.2, -0.15) is 0 Å². The Hall–Kier alpha value is -0.610. The average Bonchev–Trinajstić information content (AvgIpc) is 2.62. The number of carbonyl (C=O) groups is 1. The summed E-state index contributed by atoms with van der Waals surface area (Å²) in [4.78, 5) is 11.3. The van der Waals surface area contributed by atoms with Crippen LogP contribution in [0, 0.1) is 5.92 Å². The number of carbonyl (C=O) groups excluding carboxylic acids is 1. The SMILES string of the molecule is O=C(CCCO)NC1CCCC1CO. The topological polar surface area (TPSA) is 69.6 Å². The van der Waals surface area contributed by atoms with Crippen LogP contribution in [0.3, 0.4) is 0 Å². The molecule has 82 valence electrons. The van der Waals surface area contributed by atoms with Crippen molar-refractivity contribution in [3.63, 3.8) is 0 Å². The first-order valence-corrected chi connectivity index (χ1v) is 5.29. The molecule has 14 heavy (non-hydrogen) atoms. The molecule has 0 bridgehead atoms. The van der Waals surface area contributed by atoms with Crippen LogP contribution < -0.4 is 5.32 Å². The molecule has 0 saturated heterocycles. The number of rotatable bonds is 5. The maximum Gasteiger partial charge on any atom is 0.220 e. The molecule has 1 rings (SSSR count). The van der Waals surface area contributed by atoms with Crippen molar-refractivity contribution in [3.8, 4) is 0 Å². The normalized spacial score (nSPS) is 26.4. The van der Waals surface area contributed by atoms with Gasteiger partial charge in [-0.1, -0.05) is 6.42 Å². The summed E-state index contributed by atoms with van der Waals surface area (Å²) in [5, 5.41) is 20.5. The van der Waals surface area contributed by atoms with Crippen LogP contribution in [0.2, 0.25) is 0 Å². The van der Waals surface area contributed by atoms with Gasteiger partial charge in [-0.3, -0.25) is 4.79 Å². The highest BCUT2D eigenvalue weighted by Gasteiger charge is 2.27. The second-order valence-electron chi connectivity index (χ2n) is 3.87. The van der Waals surface area contributed by atoms with Crippen molar-refractivity contribution in [2.24, 2.45) is 5.92 Å². The van der Waals surface area contributed by atoms with E-state index in [9.17, 15) is 4.79 Å². The first kappa shape index (κ1) is 11.5. The summed E-state index contributed by atoms with van der Waals surface area (Å²) < 4.78 is 0. The zero-order chi connectivity index (χ0) is 10.4. The van der Waals surface area contributed by atoms with Gasteiger partial charge in [0.2, 0.25) is 5.91 Å². The molecule has 2 atom stereocenters. The van der Waals surface area contributed by atoms with Gasteiger partial charge >= 0.3 is 0 Å². The lowest BCUT2D eigenvalue weighted by Gasteiger charge is -2.18. The Balaban J connectivity index is 2.25. The molecule has 1 aliphatic rings. The monoisotopic (exact) mass is 201 g/mol. The molecule has 2 unspecified atom stereocenters. The van der Waals surface area contributed by atoms with Crippen LogP contribution in [0.15, 0.2) is 0 Å². The number of aliphatic hydroxyl groups excluding tert-OH is 2. The lowest BCUT2D eigenvalue weighted by molar-refractivity contribution is -0.122. The van der Waals surface area contributed by atoms with E-state index in [0.717, 1.165) is 19.3 Å². The van der Waals surface area contributed by atoms with Gasteiger partial charge in [0.05, 0.1) is 0 Å². The Morgan fingerprint density at radius 2 is 2.14 bits per heavy atom. The van der Waals surface area contributed by atoms with Gasteiger partial charge in [0.1, 0.15) is 0 Å². The zero-order valence-electron chi connectivity index (χ0n) is 8.41. The molecule has 0 aromatic carbocycles. The van der Waals surface area contributed by atoms with Crippen LogP contribution in [0.25, 0.3) is 0 Å². The highest BCUT2D eigenvalue weighted by Crippen LogP contribution is 2.24. The Morgan fingerprint density at radius 3 is 2.79 bits per heavy atom. The van der Waals surface area contributed by atoms with Gasteiger partial charge in [0, 0.05) is 31.6 Å². The van der Waals surface area contributed by atoms with Crippen molar-refractivity contribution in [3.05, 3.63) is 0 Å². The maximum absolute atomic E-state index is 11.3. The Morgan fingerprint density at radius 1 is 1.36 bits per heavy atom. The van der Waals surface area contributed by atoms with Gasteiger partial charge in [-0.05, 0) is 19.3 Å². The van der Waals surface area contributed by atoms with Gasteiger partial charge in [-0.15, -0.1) is 0 Å². The minimum absolute atomic E-state index is 0.00981. The molecular formula is C10H19NO3. The Bertz CT molecular complexity index is 184.